The van der Waals surface area contributed by atoms with Crippen molar-refractivity contribution >= 4 is 34.1 Å². The van der Waals surface area contributed by atoms with Crippen molar-refractivity contribution in [3.63, 3.8) is 0 Å². The molecule has 11 heteroatoms. The summed E-state index contributed by atoms with van der Waals surface area (Å²) >= 11 is 1.78. The van der Waals surface area contributed by atoms with E-state index in [2.05, 4.69) is 73.7 Å². The number of likely N-dealkylation sites (tertiary alicyclic amines) is 2. The van der Waals surface area contributed by atoms with Gasteiger partial charge in [0.05, 0.1) is 24.6 Å². The van der Waals surface area contributed by atoms with Crippen molar-refractivity contribution in [2.24, 2.45) is 11.8 Å². The number of fused-ring (bicyclic) bond motifs is 3. The van der Waals surface area contributed by atoms with E-state index in [1.54, 1.807) is 18.4 Å². The number of carbonyl (C=O) groups is 1. The highest BCUT2D eigenvalue weighted by Crippen LogP contribution is 2.41. The highest BCUT2D eigenvalue weighted by Gasteiger charge is 2.36. The lowest BCUT2D eigenvalue weighted by Crippen LogP contribution is -2.46. The summed E-state index contributed by atoms with van der Waals surface area (Å²) in [6.45, 7) is 11.7. The number of aromatic nitrogens is 3. The van der Waals surface area contributed by atoms with Crippen LogP contribution in [0.2, 0.25) is 0 Å². The molecule has 0 spiro atoms. The fourth-order valence-corrected chi connectivity index (χ4v) is 8.93. The van der Waals surface area contributed by atoms with Gasteiger partial charge in [-0.05, 0) is 99.8 Å². The number of nitrogens with one attached hydrogen (secondary N) is 2. The van der Waals surface area contributed by atoms with Crippen LogP contribution in [-0.4, -0.2) is 90.3 Å². The fraction of sp³-hybridized carbons (Fsp3) is 0.553. The van der Waals surface area contributed by atoms with Crippen molar-refractivity contribution < 1.29 is 14.3 Å². The van der Waals surface area contributed by atoms with Gasteiger partial charge in [-0.25, -0.2) is 9.97 Å². The number of piperidine rings is 2. The van der Waals surface area contributed by atoms with Crippen molar-refractivity contribution in [3.8, 4) is 11.1 Å². The average Bonchev–Trinajstić information content (AvgIpc) is 3.77. The summed E-state index contributed by atoms with van der Waals surface area (Å²) in [6, 6.07) is 13.2. The zero-order chi connectivity index (χ0) is 33.9. The molecule has 1 aromatic carbocycles. The molecule has 0 radical (unpaired) electrons. The Morgan fingerprint density at radius 3 is 2.65 bits per heavy atom. The zero-order valence-electron chi connectivity index (χ0n) is 29.4. The molecule has 49 heavy (non-hydrogen) atoms. The van der Waals surface area contributed by atoms with E-state index >= 15 is 0 Å². The van der Waals surface area contributed by atoms with E-state index in [-0.39, 0.29) is 18.1 Å². The predicted octanol–water partition coefficient (Wildman–Crippen LogP) is 6.03. The molecule has 3 aromatic heterocycles. The molecule has 6 heterocycles. The first-order chi connectivity index (χ1) is 23.9. The first-order valence-corrected chi connectivity index (χ1v) is 18.9. The molecule has 4 aromatic rings. The maximum atomic E-state index is 13.5. The van der Waals surface area contributed by atoms with Crippen LogP contribution < -0.4 is 10.6 Å². The van der Waals surface area contributed by atoms with Crippen molar-refractivity contribution in [1.29, 1.82) is 0 Å². The number of anilines is 1. The molecule has 262 valence electrons. The number of methoxy groups -OCH3 is 1. The van der Waals surface area contributed by atoms with Crippen LogP contribution in [0.15, 0.2) is 41.8 Å². The minimum Gasteiger partial charge on any atom is -0.383 e. The molecule has 2 N–H and O–H groups in total. The molecule has 2 saturated heterocycles. The molecule has 0 bridgehead atoms. The third-order valence-corrected chi connectivity index (χ3v) is 11.8. The van der Waals surface area contributed by atoms with Crippen LogP contribution in [0.4, 0.5) is 5.82 Å². The number of hydrogen-bond acceptors (Lipinski definition) is 9. The molecule has 1 amide bonds. The smallest absolute Gasteiger partial charge is 0.225 e. The third kappa shape index (κ3) is 7.28. The summed E-state index contributed by atoms with van der Waals surface area (Å²) in [6.07, 6.45) is 3.79. The van der Waals surface area contributed by atoms with Gasteiger partial charge in [-0.2, -0.15) is 0 Å². The van der Waals surface area contributed by atoms with Gasteiger partial charge in [-0.15, -0.1) is 11.3 Å². The van der Waals surface area contributed by atoms with Gasteiger partial charge in [0, 0.05) is 56.3 Å². The minimum atomic E-state index is -0.00709. The summed E-state index contributed by atoms with van der Waals surface area (Å²) in [7, 11) is 3.74. The molecular formula is C38H51N7O3S. The number of hydrogen-bond donors (Lipinski definition) is 2. The van der Waals surface area contributed by atoms with Gasteiger partial charge in [0.25, 0.3) is 0 Å². The molecule has 1 unspecified atom stereocenters. The highest BCUT2D eigenvalue weighted by molar-refractivity contribution is 7.10. The van der Waals surface area contributed by atoms with Crippen molar-refractivity contribution in [3.05, 3.63) is 63.7 Å². The van der Waals surface area contributed by atoms with Crippen molar-refractivity contribution in [1.82, 2.24) is 29.7 Å². The number of carbonyl (C=O) groups excluding carboxylic acids is 1. The molecule has 3 aliphatic heterocycles. The van der Waals surface area contributed by atoms with E-state index in [1.807, 2.05) is 14.0 Å². The number of benzene rings is 1. The maximum absolute atomic E-state index is 13.5. The molecule has 2 atom stereocenters. The largest absolute Gasteiger partial charge is 0.383 e. The van der Waals surface area contributed by atoms with Crippen LogP contribution in [0.25, 0.3) is 22.2 Å². The monoisotopic (exact) mass is 685 g/mol. The average molecular weight is 686 g/mol. The Balaban J connectivity index is 1.04. The van der Waals surface area contributed by atoms with Crippen LogP contribution in [0, 0.1) is 18.8 Å². The van der Waals surface area contributed by atoms with E-state index in [0.29, 0.717) is 18.4 Å². The second-order valence-electron chi connectivity index (χ2n) is 13.9. The Labute approximate surface area is 294 Å². The first kappa shape index (κ1) is 34.1. The van der Waals surface area contributed by atoms with Crippen LogP contribution in [0.1, 0.15) is 66.7 Å². The van der Waals surface area contributed by atoms with E-state index < -0.39 is 0 Å². The topological polar surface area (TPSA) is 96.8 Å². The molecule has 3 aliphatic rings. The highest BCUT2D eigenvalue weighted by atomic mass is 32.1. The Bertz CT molecular complexity index is 1740. The standard InChI is InChI=1S/C38H51N7O3S/c1-25(34-21-30(24-49-34)31-8-6-5-7-29(31)23-39-3)40-36-32-22-33-35(48-20-18-45(33)37(32)42-26(2)41-36)27-11-15-44(16-12-27)38(46)28-9-13-43(14-10-28)17-19-47-4/h5-8,21-22,24-25,27-28,35,39H,9-20,23H2,1-4H3,(H,40,41,42)/t25-,35?/m1/s1. The first-order valence-electron chi connectivity index (χ1n) is 18.0. The lowest BCUT2D eigenvalue weighted by atomic mass is 9.87. The molecule has 0 aliphatic carbocycles. The predicted molar refractivity (Wildman–Crippen MR) is 196 cm³/mol. The van der Waals surface area contributed by atoms with Crippen molar-refractivity contribution in [2.45, 2.75) is 64.8 Å². The van der Waals surface area contributed by atoms with Gasteiger partial charge in [0.15, 0.2) is 0 Å². The second-order valence-corrected chi connectivity index (χ2v) is 14.9. The van der Waals surface area contributed by atoms with E-state index in [0.717, 1.165) is 101 Å². The van der Waals surface area contributed by atoms with Crippen LogP contribution in [0.3, 0.4) is 0 Å². The molecule has 7 rings (SSSR count). The Kier molecular flexibility index (Phi) is 10.6. The van der Waals surface area contributed by atoms with E-state index in [4.69, 9.17) is 19.4 Å². The quantitative estimate of drug-likeness (QED) is 0.198. The van der Waals surface area contributed by atoms with Crippen LogP contribution in [-0.2, 0) is 27.4 Å². The van der Waals surface area contributed by atoms with E-state index in [9.17, 15) is 4.79 Å². The molecule has 0 saturated carbocycles. The molecule has 10 nitrogen and oxygen atoms in total. The van der Waals surface area contributed by atoms with Gasteiger partial charge >= 0.3 is 0 Å². The van der Waals surface area contributed by atoms with Gasteiger partial charge < -0.3 is 34.5 Å². The van der Waals surface area contributed by atoms with Gasteiger partial charge in [-0.1, -0.05) is 24.3 Å². The Morgan fingerprint density at radius 2 is 1.88 bits per heavy atom. The molecular weight excluding hydrogens is 635 g/mol. The number of nitrogens with zero attached hydrogens (tertiary/aromatic N) is 5. The van der Waals surface area contributed by atoms with Crippen LogP contribution in [0.5, 0.6) is 0 Å². The van der Waals surface area contributed by atoms with E-state index in [1.165, 1.54) is 27.3 Å². The SMILES string of the molecule is CNCc1ccccc1-c1csc([C@@H](C)Nc2nc(C)nc3c2cc2n3CCOC2C2CCN(C(=O)C3CCN(CCOC)CC3)CC2)c1. The second kappa shape index (κ2) is 15.3. The summed E-state index contributed by atoms with van der Waals surface area (Å²) in [5.74, 6) is 2.49. The zero-order valence-corrected chi connectivity index (χ0v) is 30.2. The number of ether oxygens (including phenoxy) is 2. The summed E-state index contributed by atoms with van der Waals surface area (Å²) < 4.78 is 14.1. The van der Waals surface area contributed by atoms with Gasteiger partial charge in [0.2, 0.25) is 5.91 Å². The van der Waals surface area contributed by atoms with Gasteiger partial charge in [0.1, 0.15) is 23.4 Å². The fourth-order valence-electron chi connectivity index (χ4n) is 8.02. The number of amides is 1. The summed E-state index contributed by atoms with van der Waals surface area (Å²) in [5, 5.41) is 10.3. The van der Waals surface area contributed by atoms with Gasteiger partial charge in [-0.3, -0.25) is 4.79 Å². The normalized spacial score (nSPS) is 20.1. The Morgan fingerprint density at radius 1 is 1.08 bits per heavy atom. The lowest BCUT2D eigenvalue weighted by Gasteiger charge is -2.40. The molecule has 2 fully saturated rings. The van der Waals surface area contributed by atoms with Crippen LogP contribution >= 0.6 is 11.3 Å². The summed E-state index contributed by atoms with van der Waals surface area (Å²) in [4.78, 5) is 29.1. The Hall–Kier alpha value is -3.35. The number of thiophene rings is 1. The lowest BCUT2D eigenvalue weighted by molar-refractivity contribution is -0.139. The minimum absolute atomic E-state index is 0.00709. The van der Waals surface area contributed by atoms with Crippen molar-refractivity contribution in [2.75, 3.05) is 65.4 Å². The third-order valence-electron chi connectivity index (χ3n) is 10.7. The number of aryl methyl sites for hydroxylation is 1. The number of rotatable bonds is 11. The summed E-state index contributed by atoms with van der Waals surface area (Å²) in [5.41, 5.74) is 5.98. The maximum Gasteiger partial charge on any atom is 0.225 e.